The van der Waals surface area contributed by atoms with E-state index in [0.717, 1.165) is 0 Å². The Bertz CT molecular complexity index is 850. The van der Waals surface area contributed by atoms with E-state index in [1.165, 1.54) is 22.7 Å². The number of thioether (sulfide) groups is 1. The summed E-state index contributed by atoms with van der Waals surface area (Å²) in [6.45, 7) is 0.489. The molecule has 6 nitrogen and oxygen atoms in total. The molecule has 116 valence electrons. The number of rotatable bonds is 3. The number of para-hydroxylation sites is 1. The molecule has 4 rings (SSSR count). The van der Waals surface area contributed by atoms with E-state index in [2.05, 4.69) is 15.1 Å². The van der Waals surface area contributed by atoms with E-state index >= 15 is 0 Å². The maximum Gasteiger partial charge on any atom is 0.253 e. The number of nitrogens with zero attached hydrogens (tertiary/aromatic N) is 5. The molecule has 8 heteroatoms. The molecule has 1 aromatic carbocycles. The Morgan fingerprint density at radius 1 is 1.26 bits per heavy atom. The van der Waals surface area contributed by atoms with Gasteiger partial charge in [-0.3, -0.25) is 4.79 Å². The second kappa shape index (κ2) is 5.62. The van der Waals surface area contributed by atoms with Crippen molar-refractivity contribution >= 4 is 29.1 Å². The van der Waals surface area contributed by atoms with E-state index in [1.54, 1.807) is 41.2 Å². The highest BCUT2D eigenvalue weighted by Crippen LogP contribution is 2.32. The van der Waals surface area contributed by atoms with Gasteiger partial charge in [0.05, 0.1) is 10.9 Å². The maximum absolute atomic E-state index is 13.9. The Kier molecular flexibility index (Phi) is 3.45. The second-order valence-corrected chi connectivity index (χ2v) is 6.26. The van der Waals surface area contributed by atoms with Crippen LogP contribution in [0.2, 0.25) is 0 Å². The lowest BCUT2D eigenvalue weighted by atomic mass is 10.3. The van der Waals surface area contributed by atoms with E-state index in [4.69, 9.17) is 0 Å². The topological polar surface area (TPSA) is 63.4 Å². The van der Waals surface area contributed by atoms with Gasteiger partial charge in [0.15, 0.2) is 0 Å². The van der Waals surface area contributed by atoms with Crippen LogP contribution >= 0.6 is 11.8 Å². The quantitative estimate of drug-likeness (QED) is 0.737. The number of carbonyl (C=O) groups is 1. The van der Waals surface area contributed by atoms with Crippen molar-refractivity contribution in [2.24, 2.45) is 0 Å². The van der Waals surface area contributed by atoms with Gasteiger partial charge < -0.3 is 4.90 Å². The van der Waals surface area contributed by atoms with Crippen molar-refractivity contribution in [1.29, 1.82) is 0 Å². The van der Waals surface area contributed by atoms with Gasteiger partial charge in [0.2, 0.25) is 11.1 Å². The molecular formula is C15H12FN5OS. The lowest BCUT2D eigenvalue weighted by Gasteiger charge is -2.16. The zero-order valence-corrected chi connectivity index (χ0v) is 12.8. The second-order valence-electron chi connectivity index (χ2n) is 5.10. The third-order valence-corrected chi connectivity index (χ3v) is 4.75. The fourth-order valence-corrected chi connectivity index (χ4v) is 3.54. The van der Waals surface area contributed by atoms with Gasteiger partial charge in [0.25, 0.3) is 5.78 Å². The van der Waals surface area contributed by atoms with Crippen molar-refractivity contribution in [3.63, 3.8) is 0 Å². The van der Waals surface area contributed by atoms with Gasteiger partial charge in [-0.05, 0) is 24.6 Å². The minimum absolute atomic E-state index is 0.119. The van der Waals surface area contributed by atoms with Gasteiger partial charge in [-0.2, -0.15) is 4.98 Å². The Balaban J connectivity index is 1.55. The Hall–Kier alpha value is -2.48. The van der Waals surface area contributed by atoms with Gasteiger partial charge in [0.1, 0.15) is 5.82 Å². The lowest BCUT2D eigenvalue weighted by Crippen LogP contribution is -2.28. The third kappa shape index (κ3) is 2.55. The first-order valence-electron chi connectivity index (χ1n) is 7.12. The first kappa shape index (κ1) is 14.1. The molecule has 2 aromatic heterocycles. The zero-order valence-electron chi connectivity index (χ0n) is 12.0. The number of benzene rings is 1. The number of hydrogen-bond donors (Lipinski definition) is 0. The Morgan fingerprint density at radius 3 is 2.96 bits per heavy atom. The van der Waals surface area contributed by atoms with Crippen molar-refractivity contribution in [2.45, 2.75) is 16.8 Å². The number of hydrogen-bond acceptors (Lipinski definition) is 5. The molecule has 1 aliphatic heterocycles. The van der Waals surface area contributed by atoms with Gasteiger partial charge in [0, 0.05) is 18.9 Å². The van der Waals surface area contributed by atoms with Crippen LogP contribution in [0.15, 0.2) is 47.9 Å². The van der Waals surface area contributed by atoms with E-state index in [1.807, 2.05) is 0 Å². The number of amides is 1. The molecule has 0 aliphatic carbocycles. The van der Waals surface area contributed by atoms with Gasteiger partial charge >= 0.3 is 0 Å². The standard InChI is InChI=1S/C15H12FN5OS/c16-10-4-1-2-5-11(10)20-9-6-12(13(20)22)23-15-18-14-17-7-3-8-21(14)19-15/h1-5,7-8,12H,6,9H2/t12-/m0/s1. The van der Waals surface area contributed by atoms with Gasteiger partial charge in [-0.25, -0.2) is 13.9 Å². The van der Waals surface area contributed by atoms with Gasteiger partial charge in [-0.1, -0.05) is 23.9 Å². The fraction of sp³-hybridized carbons (Fsp3) is 0.200. The van der Waals surface area contributed by atoms with E-state index in [-0.39, 0.29) is 17.0 Å². The smallest absolute Gasteiger partial charge is 0.253 e. The molecule has 1 aliphatic rings. The average molecular weight is 329 g/mol. The fourth-order valence-electron chi connectivity index (χ4n) is 2.56. The average Bonchev–Trinajstić information content (AvgIpc) is 3.12. The molecule has 0 radical (unpaired) electrons. The molecule has 0 N–H and O–H groups in total. The van der Waals surface area contributed by atoms with Crippen molar-refractivity contribution < 1.29 is 9.18 Å². The predicted octanol–water partition coefficient (Wildman–Crippen LogP) is 2.16. The highest BCUT2D eigenvalue weighted by Gasteiger charge is 2.35. The Morgan fingerprint density at radius 2 is 2.13 bits per heavy atom. The van der Waals surface area contributed by atoms with Crippen LogP contribution in [0.1, 0.15) is 6.42 Å². The molecule has 1 fully saturated rings. The van der Waals surface area contributed by atoms with Crippen LogP contribution in [-0.4, -0.2) is 37.3 Å². The number of aromatic nitrogens is 4. The van der Waals surface area contributed by atoms with Crippen LogP contribution < -0.4 is 4.90 Å². The van der Waals surface area contributed by atoms with Crippen LogP contribution in [0.5, 0.6) is 0 Å². The summed E-state index contributed by atoms with van der Waals surface area (Å²) in [6, 6.07) is 8.07. The van der Waals surface area contributed by atoms with E-state index < -0.39 is 0 Å². The first-order valence-corrected chi connectivity index (χ1v) is 8.00. The molecule has 1 saturated heterocycles. The van der Waals surface area contributed by atoms with Gasteiger partial charge in [-0.15, -0.1) is 5.10 Å². The van der Waals surface area contributed by atoms with Crippen LogP contribution in [0.25, 0.3) is 5.78 Å². The molecule has 0 bridgehead atoms. The summed E-state index contributed by atoms with van der Waals surface area (Å²) in [5.41, 5.74) is 0.324. The number of carbonyl (C=O) groups excluding carboxylic acids is 1. The summed E-state index contributed by atoms with van der Waals surface area (Å²) in [5, 5.41) is 4.47. The SMILES string of the molecule is O=C1[C@@H](Sc2nc3ncccn3n2)CCN1c1ccccc1F. The first-order chi connectivity index (χ1) is 11.2. The molecule has 0 saturated carbocycles. The summed E-state index contributed by atoms with van der Waals surface area (Å²) in [7, 11) is 0. The van der Waals surface area contributed by atoms with Crippen molar-refractivity contribution in [3.05, 3.63) is 48.5 Å². The summed E-state index contributed by atoms with van der Waals surface area (Å²) in [5.74, 6) is -0.0140. The summed E-state index contributed by atoms with van der Waals surface area (Å²) in [6.07, 6.45) is 4.02. The minimum atomic E-state index is -0.387. The predicted molar refractivity (Wildman–Crippen MR) is 83.8 cm³/mol. The molecule has 3 heterocycles. The molecule has 23 heavy (non-hydrogen) atoms. The van der Waals surface area contributed by atoms with Crippen LogP contribution in [-0.2, 0) is 4.79 Å². The van der Waals surface area contributed by atoms with Crippen LogP contribution in [0, 0.1) is 5.82 Å². The summed E-state index contributed by atoms with van der Waals surface area (Å²) >= 11 is 1.29. The highest BCUT2D eigenvalue weighted by molar-refractivity contribution is 8.00. The number of anilines is 1. The number of halogens is 1. The zero-order chi connectivity index (χ0) is 15.8. The highest BCUT2D eigenvalue weighted by atomic mass is 32.2. The molecular weight excluding hydrogens is 317 g/mol. The molecule has 3 aromatic rings. The number of fused-ring (bicyclic) bond motifs is 1. The summed E-state index contributed by atoms with van der Waals surface area (Å²) < 4.78 is 15.4. The molecule has 0 spiro atoms. The molecule has 0 unspecified atom stereocenters. The normalized spacial score (nSPS) is 18.0. The van der Waals surface area contributed by atoms with E-state index in [0.29, 0.717) is 29.6 Å². The monoisotopic (exact) mass is 329 g/mol. The van der Waals surface area contributed by atoms with E-state index in [9.17, 15) is 9.18 Å². The lowest BCUT2D eigenvalue weighted by molar-refractivity contribution is -0.116. The molecule has 1 atom stereocenters. The maximum atomic E-state index is 13.9. The third-order valence-electron chi connectivity index (χ3n) is 3.64. The Labute approximate surface area is 135 Å². The minimum Gasteiger partial charge on any atom is -0.309 e. The van der Waals surface area contributed by atoms with Crippen molar-refractivity contribution in [2.75, 3.05) is 11.4 Å². The molecule has 1 amide bonds. The summed E-state index contributed by atoms with van der Waals surface area (Å²) in [4.78, 5) is 22.4. The van der Waals surface area contributed by atoms with Crippen LogP contribution in [0.3, 0.4) is 0 Å². The van der Waals surface area contributed by atoms with Crippen molar-refractivity contribution in [3.8, 4) is 0 Å². The largest absolute Gasteiger partial charge is 0.309 e. The van der Waals surface area contributed by atoms with Crippen LogP contribution in [0.4, 0.5) is 10.1 Å². The van der Waals surface area contributed by atoms with Crippen molar-refractivity contribution in [1.82, 2.24) is 19.6 Å².